The molecular weight excluding hydrogens is 364 g/mol. The summed E-state index contributed by atoms with van der Waals surface area (Å²) in [5.74, 6) is -0.355. The maximum atomic E-state index is 12.9. The van der Waals surface area contributed by atoms with Gasteiger partial charge < -0.3 is 15.3 Å². The number of benzene rings is 2. The van der Waals surface area contributed by atoms with Crippen LogP contribution < -0.4 is 5.32 Å². The largest absolute Gasteiger partial charge is 0.481 e. The van der Waals surface area contributed by atoms with Crippen LogP contribution in [0.1, 0.15) is 31.4 Å². The van der Waals surface area contributed by atoms with Gasteiger partial charge in [-0.05, 0) is 16.3 Å². The first-order chi connectivity index (χ1) is 13.0. The summed E-state index contributed by atoms with van der Waals surface area (Å²) in [5, 5.41) is 14.1. The number of rotatable bonds is 6. The van der Waals surface area contributed by atoms with E-state index in [1.54, 1.807) is 11.8 Å². The third-order valence-electron chi connectivity index (χ3n) is 4.70. The molecule has 2 atom stereocenters. The van der Waals surface area contributed by atoms with Gasteiger partial charge in [0.1, 0.15) is 6.04 Å². The number of hydrogen-bond acceptors (Lipinski definition) is 4. The summed E-state index contributed by atoms with van der Waals surface area (Å²) in [6.07, 6.45) is 0.119. The summed E-state index contributed by atoms with van der Waals surface area (Å²) in [4.78, 5) is 37.9. The third-order valence-corrected chi connectivity index (χ3v) is 5.71. The number of nitrogens with zero attached hydrogens (tertiary/aromatic N) is 1. The van der Waals surface area contributed by atoms with Gasteiger partial charge in [-0.3, -0.25) is 14.4 Å². The fraction of sp³-hybridized carbons (Fsp3) is 0.350. The second-order valence-electron chi connectivity index (χ2n) is 6.46. The van der Waals surface area contributed by atoms with Crippen LogP contribution in [0.2, 0.25) is 0 Å². The molecule has 0 radical (unpaired) electrons. The molecule has 6 nitrogen and oxygen atoms in total. The van der Waals surface area contributed by atoms with Crippen LogP contribution in [-0.4, -0.2) is 45.5 Å². The van der Waals surface area contributed by atoms with Crippen molar-refractivity contribution >= 4 is 40.3 Å². The minimum atomic E-state index is -0.990. The van der Waals surface area contributed by atoms with Crippen molar-refractivity contribution in [2.45, 2.75) is 31.8 Å². The molecule has 2 amide bonds. The minimum Gasteiger partial charge on any atom is -0.481 e. The van der Waals surface area contributed by atoms with Gasteiger partial charge in [0.15, 0.2) is 0 Å². The molecule has 142 valence electrons. The highest BCUT2D eigenvalue weighted by Crippen LogP contribution is 2.28. The van der Waals surface area contributed by atoms with Gasteiger partial charge in [-0.15, -0.1) is 11.8 Å². The smallest absolute Gasteiger partial charge is 0.305 e. The van der Waals surface area contributed by atoms with Crippen molar-refractivity contribution in [2.75, 3.05) is 11.6 Å². The van der Waals surface area contributed by atoms with Crippen LogP contribution in [-0.2, 0) is 14.4 Å². The molecule has 1 aliphatic heterocycles. The van der Waals surface area contributed by atoms with E-state index in [9.17, 15) is 19.5 Å². The molecule has 7 heteroatoms. The molecule has 1 saturated heterocycles. The Labute approximate surface area is 161 Å². The molecule has 27 heavy (non-hydrogen) atoms. The maximum absolute atomic E-state index is 12.9. The zero-order valence-corrected chi connectivity index (χ0v) is 15.9. The van der Waals surface area contributed by atoms with E-state index in [1.807, 2.05) is 42.5 Å². The van der Waals surface area contributed by atoms with E-state index in [4.69, 9.17) is 0 Å². The average Bonchev–Trinajstić information content (AvgIpc) is 3.16. The van der Waals surface area contributed by atoms with Gasteiger partial charge in [0.2, 0.25) is 11.8 Å². The highest BCUT2D eigenvalue weighted by atomic mass is 32.2. The summed E-state index contributed by atoms with van der Waals surface area (Å²) in [5.41, 5.74) is 0.767. The Morgan fingerprint density at radius 3 is 2.70 bits per heavy atom. The number of aliphatic carboxylic acids is 1. The summed E-state index contributed by atoms with van der Waals surface area (Å²) in [7, 11) is 0. The summed E-state index contributed by atoms with van der Waals surface area (Å²) in [6, 6.07) is 12.1. The molecule has 0 saturated carbocycles. The maximum Gasteiger partial charge on any atom is 0.305 e. The second kappa shape index (κ2) is 8.43. The Morgan fingerprint density at radius 2 is 1.96 bits per heavy atom. The Balaban J connectivity index is 1.88. The van der Waals surface area contributed by atoms with Crippen LogP contribution in [0.3, 0.4) is 0 Å². The Morgan fingerprint density at radius 1 is 1.22 bits per heavy atom. The molecule has 1 aliphatic rings. The van der Waals surface area contributed by atoms with Crippen molar-refractivity contribution in [2.24, 2.45) is 0 Å². The molecule has 0 aliphatic carbocycles. The molecule has 1 fully saturated rings. The van der Waals surface area contributed by atoms with Crippen molar-refractivity contribution in [3.8, 4) is 0 Å². The van der Waals surface area contributed by atoms with E-state index in [0.717, 1.165) is 16.3 Å². The van der Waals surface area contributed by atoms with E-state index in [-0.39, 0.29) is 18.2 Å². The minimum absolute atomic E-state index is 0.0694. The molecule has 2 aromatic carbocycles. The number of carbonyl (C=O) groups is 3. The zero-order chi connectivity index (χ0) is 19.4. The Hall–Kier alpha value is -2.54. The topological polar surface area (TPSA) is 86.7 Å². The van der Waals surface area contributed by atoms with Crippen LogP contribution >= 0.6 is 11.8 Å². The highest BCUT2D eigenvalue weighted by molar-refractivity contribution is 7.99. The van der Waals surface area contributed by atoms with Gasteiger partial charge >= 0.3 is 5.97 Å². The number of carbonyl (C=O) groups excluding carboxylic acids is 2. The van der Waals surface area contributed by atoms with E-state index >= 15 is 0 Å². The first-order valence-corrected chi connectivity index (χ1v) is 10.0. The van der Waals surface area contributed by atoms with Gasteiger partial charge in [-0.2, -0.15) is 0 Å². The quantitative estimate of drug-likeness (QED) is 0.797. The van der Waals surface area contributed by atoms with Gasteiger partial charge in [-0.1, -0.05) is 49.4 Å². The van der Waals surface area contributed by atoms with Crippen molar-refractivity contribution in [1.29, 1.82) is 0 Å². The molecule has 2 aromatic rings. The molecule has 0 bridgehead atoms. The fourth-order valence-corrected chi connectivity index (χ4v) is 4.52. The molecule has 1 heterocycles. The van der Waals surface area contributed by atoms with Crippen LogP contribution in [0.4, 0.5) is 0 Å². The summed E-state index contributed by atoms with van der Waals surface area (Å²) >= 11 is 1.53. The van der Waals surface area contributed by atoms with Gasteiger partial charge in [0.05, 0.1) is 18.3 Å². The van der Waals surface area contributed by atoms with Crippen LogP contribution in [0.5, 0.6) is 0 Å². The monoisotopic (exact) mass is 386 g/mol. The fourth-order valence-electron chi connectivity index (χ4n) is 3.34. The van der Waals surface area contributed by atoms with Crippen molar-refractivity contribution in [3.05, 3.63) is 48.0 Å². The third kappa shape index (κ3) is 4.24. The average molecular weight is 386 g/mol. The first-order valence-electron chi connectivity index (χ1n) is 8.88. The number of thioether (sulfide) groups is 1. The van der Waals surface area contributed by atoms with Gasteiger partial charge in [0.25, 0.3) is 0 Å². The first kappa shape index (κ1) is 19.2. The van der Waals surface area contributed by atoms with E-state index < -0.39 is 18.1 Å². The van der Waals surface area contributed by atoms with Crippen molar-refractivity contribution in [1.82, 2.24) is 10.2 Å². The predicted molar refractivity (Wildman–Crippen MR) is 105 cm³/mol. The lowest BCUT2D eigenvalue weighted by Crippen LogP contribution is -2.48. The number of carboxylic acid groups (broad SMARTS) is 1. The molecule has 3 rings (SSSR count). The normalized spacial score (nSPS) is 17.7. The lowest BCUT2D eigenvalue weighted by atomic mass is 9.96. The molecule has 0 spiro atoms. The summed E-state index contributed by atoms with van der Waals surface area (Å²) < 4.78 is 0. The molecule has 2 N–H and O–H groups in total. The summed E-state index contributed by atoms with van der Waals surface area (Å²) in [6.45, 7) is 1.77. The van der Waals surface area contributed by atoms with E-state index in [2.05, 4.69) is 5.32 Å². The number of nitrogens with one attached hydrogen (secondary N) is 1. The predicted octanol–water partition coefficient (Wildman–Crippen LogP) is 2.78. The van der Waals surface area contributed by atoms with E-state index in [0.29, 0.717) is 18.1 Å². The lowest BCUT2D eigenvalue weighted by molar-refractivity contribution is -0.140. The Bertz CT molecular complexity index is 865. The van der Waals surface area contributed by atoms with Crippen LogP contribution in [0.15, 0.2) is 42.5 Å². The number of hydrogen-bond donors (Lipinski definition) is 2. The number of amides is 2. The molecular formula is C20H22N2O4S. The standard InChI is InChI=1S/C20H22N2O4S/c1-2-18(23)22-12-27-11-17(22)20(26)21-16(10-19(24)25)15-9-5-7-13-6-3-4-8-14(13)15/h3-9,16-17H,2,10-12H2,1H3,(H,21,26)(H,24,25)/t16-,17?/m1/s1. The highest BCUT2D eigenvalue weighted by Gasteiger charge is 2.35. The number of carboxylic acids is 1. The molecule has 0 aromatic heterocycles. The van der Waals surface area contributed by atoms with Gasteiger partial charge in [-0.25, -0.2) is 0 Å². The SMILES string of the molecule is CCC(=O)N1CSCC1C(=O)N[C@H](CC(=O)O)c1cccc2ccccc12. The number of fused-ring (bicyclic) bond motifs is 1. The van der Waals surface area contributed by atoms with Crippen molar-refractivity contribution in [3.63, 3.8) is 0 Å². The second-order valence-corrected chi connectivity index (χ2v) is 7.46. The van der Waals surface area contributed by atoms with Gasteiger partial charge in [0, 0.05) is 12.2 Å². The lowest BCUT2D eigenvalue weighted by Gasteiger charge is -2.26. The Kier molecular flexibility index (Phi) is 6.01. The van der Waals surface area contributed by atoms with Crippen LogP contribution in [0.25, 0.3) is 10.8 Å². The van der Waals surface area contributed by atoms with Crippen molar-refractivity contribution < 1.29 is 19.5 Å². The van der Waals surface area contributed by atoms with E-state index in [1.165, 1.54) is 11.8 Å². The van der Waals surface area contributed by atoms with Crippen LogP contribution in [0, 0.1) is 0 Å². The molecule has 1 unspecified atom stereocenters. The zero-order valence-electron chi connectivity index (χ0n) is 15.1.